The lowest BCUT2D eigenvalue weighted by Gasteiger charge is -2.26. The Kier molecular flexibility index (Phi) is 6.79. The minimum atomic E-state index is -3.82. The van der Waals surface area contributed by atoms with Crippen molar-refractivity contribution >= 4 is 27.5 Å². The zero-order chi connectivity index (χ0) is 21.0. The van der Waals surface area contributed by atoms with Crippen LogP contribution in [0.25, 0.3) is 0 Å². The fourth-order valence-electron chi connectivity index (χ4n) is 3.08. The van der Waals surface area contributed by atoms with E-state index in [1.165, 1.54) is 29.6 Å². The highest BCUT2D eigenvalue weighted by Gasteiger charge is 2.30. The molecule has 7 nitrogen and oxygen atoms in total. The lowest BCUT2D eigenvalue weighted by Crippen LogP contribution is -2.40. The van der Waals surface area contributed by atoms with Crippen molar-refractivity contribution in [2.45, 2.75) is 17.9 Å². The Morgan fingerprint density at radius 3 is 2.59 bits per heavy atom. The number of hydrogen-bond donors (Lipinski definition) is 1. The van der Waals surface area contributed by atoms with Crippen LogP contribution in [0.3, 0.4) is 0 Å². The molecule has 1 aliphatic rings. The van der Waals surface area contributed by atoms with Gasteiger partial charge in [0, 0.05) is 23.7 Å². The summed E-state index contributed by atoms with van der Waals surface area (Å²) in [5.74, 6) is -0.200. The molecule has 0 spiro atoms. The van der Waals surface area contributed by atoms with Gasteiger partial charge in [-0.1, -0.05) is 23.7 Å². The molecule has 2 aromatic carbocycles. The Morgan fingerprint density at radius 1 is 1.21 bits per heavy atom. The van der Waals surface area contributed by atoms with E-state index in [-0.39, 0.29) is 35.3 Å². The van der Waals surface area contributed by atoms with Gasteiger partial charge in [0.25, 0.3) is 5.91 Å². The predicted octanol–water partition coefficient (Wildman–Crippen LogP) is 2.86. The van der Waals surface area contributed by atoms with Crippen molar-refractivity contribution in [3.05, 3.63) is 58.6 Å². The Balaban J connectivity index is 1.86. The summed E-state index contributed by atoms with van der Waals surface area (Å²) in [6, 6.07) is 11.3. The topological polar surface area (TPSA) is 84.9 Å². The van der Waals surface area contributed by atoms with Gasteiger partial charge < -0.3 is 14.8 Å². The SMILES string of the molecule is COc1ccc(C(=O)NC(C)c2cccc(Cl)c2)cc1S(=O)(=O)N1CCOCC1. The van der Waals surface area contributed by atoms with Crippen LogP contribution in [0.2, 0.25) is 5.02 Å². The summed E-state index contributed by atoms with van der Waals surface area (Å²) >= 11 is 6.01. The standard InChI is InChI=1S/C20H23ClN2O5S/c1-14(15-4-3-5-17(21)12-15)22-20(24)16-6-7-18(27-2)19(13-16)29(25,26)23-8-10-28-11-9-23/h3-7,12-14H,8-11H2,1-2H3,(H,22,24). The monoisotopic (exact) mass is 438 g/mol. The van der Waals surface area contributed by atoms with E-state index in [1.54, 1.807) is 18.2 Å². The highest BCUT2D eigenvalue weighted by Crippen LogP contribution is 2.29. The summed E-state index contributed by atoms with van der Waals surface area (Å²) in [6.45, 7) is 3.01. The second kappa shape index (κ2) is 9.13. The first-order chi connectivity index (χ1) is 13.8. The number of methoxy groups -OCH3 is 1. The summed E-state index contributed by atoms with van der Waals surface area (Å²) < 4.78 is 37.9. The van der Waals surface area contributed by atoms with Crippen molar-refractivity contribution in [1.29, 1.82) is 0 Å². The van der Waals surface area contributed by atoms with Crippen LogP contribution in [0, 0.1) is 0 Å². The lowest BCUT2D eigenvalue weighted by atomic mass is 10.1. The molecule has 2 aromatic rings. The molecule has 29 heavy (non-hydrogen) atoms. The maximum Gasteiger partial charge on any atom is 0.251 e. The molecule has 0 bridgehead atoms. The van der Waals surface area contributed by atoms with Crippen LogP contribution >= 0.6 is 11.6 Å². The molecule has 0 saturated carbocycles. The van der Waals surface area contributed by atoms with E-state index in [4.69, 9.17) is 21.1 Å². The van der Waals surface area contributed by atoms with Gasteiger partial charge in [0.2, 0.25) is 10.0 Å². The van der Waals surface area contributed by atoms with Crippen LogP contribution < -0.4 is 10.1 Å². The smallest absolute Gasteiger partial charge is 0.251 e. The Bertz CT molecular complexity index is 990. The summed E-state index contributed by atoms with van der Waals surface area (Å²) in [5.41, 5.74) is 1.08. The second-order valence-electron chi connectivity index (χ2n) is 6.63. The molecule has 0 aliphatic carbocycles. The number of halogens is 1. The number of carbonyl (C=O) groups is 1. The quantitative estimate of drug-likeness (QED) is 0.749. The zero-order valence-electron chi connectivity index (χ0n) is 16.2. The first-order valence-electron chi connectivity index (χ1n) is 9.15. The molecular weight excluding hydrogens is 416 g/mol. The molecule has 1 N–H and O–H groups in total. The fraction of sp³-hybridized carbons (Fsp3) is 0.350. The third-order valence-electron chi connectivity index (χ3n) is 4.71. The first kappa shape index (κ1) is 21.6. The highest BCUT2D eigenvalue weighted by atomic mass is 35.5. The molecule has 1 aliphatic heterocycles. The molecule has 3 rings (SSSR count). The van der Waals surface area contributed by atoms with Crippen molar-refractivity contribution in [3.8, 4) is 5.75 Å². The van der Waals surface area contributed by atoms with E-state index in [1.807, 2.05) is 13.0 Å². The van der Waals surface area contributed by atoms with Gasteiger partial charge in [0.1, 0.15) is 10.6 Å². The zero-order valence-corrected chi connectivity index (χ0v) is 17.8. The van der Waals surface area contributed by atoms with Crippen LogP contribution in [0.5, 0.6) is 5.75 Å². The summed E-state index contributed by atoms with van der Waals surface area (Å²) in [6.07, 6.45) is 0. The number of benzene rings is 2. The molecule has 0 radical (unpaired) electrons. The van der Waals surface area contributed by atoms with Crippen LogP contribution in [0.4, 0.5) is 0 Å². The van der Waals surface area contributed by atoms with Gasteiger partial charge in [-0.3, -0.25) is 4.79 Å². The summed E-state index contributed by atoms with van der Waals surface area (Å²) in [4.78, 5) is 12.7. The maximum absolute atomic E-state index is 13.1. The van der Waals surface area contributed by atoms with E-state index in [2.05, 4.69) is 5.32 Å². The number of hydrogen-bond acceptors (Lipinski definition) is 5. The van der Waals surface area contributed by atoms with Gasteiger partial charge in [-0.05, 0) is 42.8 Å². The minimum absolute atomic E-state index is 0.0371. The summed E-state index contributed by atoms with van der Waals surface area (Å²) in [5, 5.41) is 3.44. The number of nitrogens with one attached hydrogen (secondary N) is 1. The molecule has 1 atom stereocenters. The van der Waals surface area contributed by atoms with Crippen LogP contribution in [-0.4, -0.2) is 52.0 Å². The Labute approximate surface area is 175 Å². The van der Waals surface area contributed by atoms with Crippen molar-refractivity contribution in [3.63, 3.8) is 0 Å². The minimum Gasteiger partial charge on any atom is -0.495 e. The van der Waals surface area contributed by atoms with Crippen LogP contribution in [0.15, 0.2) is 47.4 Å². The average molecular weight is 439 g/mol. The molecule has 1 heterocycles. The summed E-state index contributed by atoms with van der Waals surface area (Å²) in [7, 11) is -2.42. The Hall–Kier alpha value is -2.13. The van der Waals surface area contributed by atoms with Gasteiger partial charge in [-0.15, -0.1) is 0 Å². The van der Waals surface area contributed by atoms with Crippen molar-refractivity contribution in [1.82, 2.24) is 9.62 Å². The third kappa shape index (κ3) is 4.90. The van der Waals surface area contributed by atoms with E-state index in [9.17, 15) is 13.2 Å². The molecule has 1 fully saturated rings. The van der Waals surface area contributed by atoms with E-state index in [0.717, 1.165) is 5.56 Å². The number of carbonyl (C=O) groups excluding carboxylic acids is 1. The third-order valence-corrected chi connectivity index (χ3v) is 6.86. The number of sulfonamides is 1. The van der Waals surface area contributed by atoms with Crippen LogP contribution in [0.1, 0.15) is 28.9 Å². The van der Waals surface area contributed by atoms with E-state index >= 15 is 0 Å². The Morgan fingerprint density at radius 2 is 1.93 bits per heavy atom. The molecule has 1 unspecified atom stereocenters. The van der Waals surface area contributed by atoms with Crippen molar-refractivity contribution in [2.75, 3.05) is 33.4 Å². The second-order valence-corrected chi connectivity index (χ2v) is 8.98. The molecule has 0 aromatic heterocycles. The number of nitrogens with zero attached hydrogens (tertiary/aromatic N) is 1. The van der Waals surface area contributed by atoms with Crippen LogP contribution in [-0.2, 0) is 14.8 Å². The largest absolute Gasteiger partial charge is 0.495 e. The van der Waals surface area contributed by atoms with Gasteiger partial charge in [0.05, 0.1) is 26.4 Å². The van der Waals surface area contributed by atoms with Crippen molar-refractivity contribution in [2.24, 2.45) is 0 Å². The van der Waals surface area contributed by atoms with Gasteiger partial charge >= 0.3 is 0 Å². The van der Waals surface area contributed by atoms with Gasteiger partial charge in [0.15, 0.2) is 0 Å². The number of amides is 1. The lowest BCUT2D eigenvalue weighted by molar-refractivity contribution is 0.0729. The maximum atomic E-state index is 13.1. The molecule has 1 saturated heterocycles. The molecule has 9 heteroatoms. The molecule has 156 valence electrons. The van der Waals surface area contributed by atoms with Crippen molar-refractivity contribution < 1.29 is 22.7 Å². The van der Waals surface area contributed by atoms with Gasteiger partial charge in [-0.25, -0.2) is 8.42 Å². The van der Waals surface area contributed by atoms with E-state index in [0.29, 0.717) is 18.2 Å². The highest BCUT2D eigenvalue weighted by molar-refractivity contribution is 7.89. The fourth-order valence-corrected chi connectivity index (χ4v) is 4.87. The van der Waals surface area contributed by atoms with Gasteiger partial charge in [-0.2, -0.15) is 4.31 Å². The van der Waals surface area contributed by atoms with E-state index < -0.39 is 15.9 Å². The number of morpholine rings is 1. The molecular formula is C20H23ClN2O5S. The first-order valence-corrected chi connectivity index (χ1v) is 11.0. The molecule has 1 amide bonds. The number of ether oxygens (including phenoxy) is 2. The normalized spacial score (nSPS) is 16.2. The predicted molar refractivity (Wildman–Crippen MR) is 110 cm³/mol. The number of rotatable bonds is 6. The average Bonchev–Trinajstić information content (AvgIpc) is 2.73.